The van der Waals surface area contributed by atoms with Crippen molar-refractivity contribution in [3.8, 4) is 0 Å². The van der Waals surface area contributed by atoms with E-state index in [4.69, 9.17) is 4.74 Å². The van der Waals surface area contributed by atoms with Crippen molar-refractivity contribution in [1.29, 1.82) is 0 Å². The highest BCUT2D eigenvalue weighted by Gasteiger charge is 2.22. The highest BCUT2D eigenvalue weighted by molar-refractivity contribution is 5.94. The van der Waals surface area contributed by atoms with Crippen molar-refractivity contribution < 1.29 is 14.3 Å². The number of anilines is 1. The topological polar surface area (TPSA) is 70.7 Å². The quantitative estimate of drug-likeness (QED) is 0.790. The van der Waals surface area contributed by atoms with Crippen molar-refractivity contribution in [1.82, 2.24) is 10.2 Å². The minimum absolute atomic E-state index is 0.0853. The summed E-state index contributed by atoms with van der Waals surface area (Å²) in [6.45, 7) is 7.19. The van der Waals surface area contributed by atoms with E-state index in [1.165, 1.54) is 0 Å². The minimum Gasteiger partial charge on any atom is -0.376 e. The number of ether oxygens (including phenoxy) is 1. The Hall–Kier alpha value is -1.92. The first-order chi connectivity index (χ1) is 11.9. The summed E-state index contributed by atoms with van der Waals surface area (Å²) < 4.78 is 5.50. The molecule has 138 valence electrons. The van der Waals surface area contributed by atoms with Gasteiger partial charge in [0.2, 0.25) is 11.8 Å². The predicted octanol–water partition coefficient (Wildman–Crippen LogP) is 1.86. The van der Waals surface area contributed by atoms with Crippen LogP contribution in [0.5, 0.6) is 0 Å². The number of carbonyl (C=O) groups excluding carboxylic acids is 2. The van der Waals surface area contributed by atoms with E-state index in [1.807, 2.05) is 32.0 Å². The molecule has 6 heteroatoms. The maximum Gasteiger partial charge on any atom is 0.238 e. The number of nitrogens with one attached hydrogen (secondary N) is 2. The molecule has 1 aliphatic rings. The first-order valence-electron chi connectivity index (χ1n) is 8.84. The van der Waals surface area contributed by atoms with Gasteiger partial charge in [0.15, 0.2) is 0 Å². The molecular weight excluding hydrogens is 318 g/mol. The summed E-state index contributed by atoms with van der Waals surface area (Å²) in [6, 6.07) is 5.51. The standard InChI is InChI=1S/C19H29N3O3/c1-13-7-5-8-14(2)18(13)21-17(23)12-22(4)15(3)19(24)20-11-16-9-6-10-25-16/h5,7-8,15-16H,6,9-12H2,1-4H3,(H,20,24)(H,21,23)/t15-,16+/m0/s1. The number of amides is 2. The fourth-order valence-corrected chi connectivity index (χ4v) is 2.92. The van der Waals surface area contributed by atoms with E-state index in [0.29, 0.717) is 6.54 Å². The minimum atomic E-state index is -0.384. The molecule has 0 bridgehead atoms. The molecule has 2 rings (SSSR count). The van der Waals surface area contributed by atoms with Gasteiger partial charge in [-0.05, 0) is 51.8 Å². The lowest BCUT2D eigenvalue weighted by atomic mass is 10.1. The second kappa shape index (κ2) is 8.97. The number of aryl methyl sites for hydroxylation is 2. The Morgan fingerprint density at radius 2 is 2.00 bits per heavy atom. The lowest BCUT2D eigenvalue weighted by Gasteiger charge is -2.24. The molecule has 0 aromatic heterocycles. The summed E-state index contributed by atoms with van der Waals surface area (Å²) in [5.41, 5.74) is 2.90. The molecule has 0 aliphatic carbocycles. The number of hydrogen-bond acceptors (Lipinski definition) is 4. The zero-order chi connectivity index (χ0) is 18.4. The van der Waals surface area contributed by atoms with Crippen molar-refractivity contribution in [3.05, 3.63) is 29.3 Å². The van der Waals surface area contributed by atoms with Gasteiger partial charge >= 0.3 is 0 Å². The van der Waals surface area contributed by atoms with Gasteiger partial charge in [0, 0.05) is 18.8 Å². The van der Waals surface area contributed by atoms with Gasteiger partial charge in [0.1, 0.15) is 0 Å². The maximum atomic E-state index is 12.3. The van der Waals surface area contributed by atoms with E-state index in [1.54, 1.807) is 18.9 Å². The van der Waals surface area contributed by atoms with Crippen LogP contribution in [-0.4, -0.2) is 55.6 Å². The van der Waals surface area contributed by atoms with Crippen LogP contribution in [0, 0.1) is 13.8 Å². The molecule has 2 atom stereocenters. The average Bonchev–Trinajstić information content (AvgIpc) is 3.08. The van der Waals surface area contributed by atoms with Crippen LogP contribution >= 0.6 is 0 Å². The van der Waals surface area contributed by atoms with Crippen LogP contribution in [0.1, 0.15) is 30.9 Å². The highest BCUT2D eigenvalue weighted by atomic mass is 16.5. The fraction of sp³-hybridized carbons (Fsp3) is 0.579. The lowest BCUT2D eigenvalue weighted by molar-refractivity contribution is -0.127. The highest BCUT2D eigenvalue weighted by Crippen LogP contribution is 2.19. The molecule has 1 aliphatic heterocycles. The maximum absolute atomic E-state index is 12.3. The fourth-order valence-electron chi connectivity index (χ4n) is 2.92. The largest absolute Gasteiger partial charge is 0.376 e. The summed E-state index contributed by atoms with van der Waals surface area (Å²) in [6.07, 6.45) is 2.16. The first kappa shape index (κ1) is 19.4. The van der Waals surface area contributed by atoms with Gasteiger partial charge in [-0.2, -0.15) is 0 Å². The molecule has 0 radical (unpaired) electrons. The normalized spacial score (nSPS) is 18.2. The molecule has 1 fully saturated rings. The summed E-state index contributed by atoms with van der Waals surface area (Å²) in [7, 11) is 1.78. The molecule has 6 nitrogen and oxygen atoms in total. The summed E-state index contributed by atoms with van der Waals surface area (Å²) in [4.78, 5) is 26.3. The van der Waals surface area contributed by atoms with Crippen LogP contribution in [0.15, 0.2) is 18.2 Å². The van der Waals surface area contributed by atoms with E-state index in [9.17, 15) is 9.59 Å². The SMILES string of the molecule is Cc1cccc(C)c1NC(=O)CN(C)[C@@H](C)C(=O)NC[C@H]1CCCO1. The number of likely N-dealkylation sites (N-methyl/N-ethyl adjacent to an activating group) is 1. The molecule has 1 aromatic carbocycles. The van der Waals surface area contributed by atoms with Crippen molar-refractivity contribution in [2.75, 3.05) is 32.1 Å². The van der Waals surface area contributed by atoms with Crippen molar-refractivity contribution in [2.24, 2.45) is 0 Å². The van der Waals surface area contributed by atoms with Crippen LogP contribution in [0.25, 0.3) is 0 Å². The molecule has 0 saturated carbocycles. The Kier molecular flexibility index (Phi) is 6.96. The van der Waals surface area contributed by atoms with Crippen LogP contribution in [0.3, 0.4) is 0 Å². The van der Waals surface area contributed by atoms with Crippen LogP contribution in [-0.2, 0) is 14.3 Å². The van der Waals surface area contributed by atoms with Crippen LogP contribution in [0.4, 0.5) is 5.69 Å². The Balaban J connectivity index is 1.81. The van der Waals surface area contributed by atoms with Gasteiger partial charge in [-0.1, -0.05) is 18.2 Å². The van der Waals surface area contributed by atoms with Crippen LogP contribution in [0.2, 0.25) is 0 Å². The summed E-state index contributed by atoms with van der Waals surface area (Å²) >= 11 is 0. The molecule has 25 heavy (non-hydrogen) atoms. The number of rotatable bonds is 7. The Morgan fingerprint density at radius 3 is 2.60 bits per heavy atom. The van der Waals surface area contributed by atoms with E-state index < -0.39 is 0 Å². The summed E-state index contributed by atoms with van der Waals surface area (Å²) in [5, 5.41) is 5.86. The van der Waals surface area contributed by atoms with Crippen LogP contribution < -0.4 is 10.6 Å². The Labute approximate surface area is 149 Å². The van der Waals surface area contributed by atoms with Gasteiger partial charge in [-0.3, -0.25) is 14.5 Å². The van der Waals surface area contributed by atoms with Gasteiger partial charge in [0.25, 0.3) is 0 Å². The molecule has 1 saturated heterocycles. The lowest BCUT2D eigenvalue weighted by Crippen LogP contribution is -2.47. The molecule has 0 spiro atoms. The Morgan fingerprint density at radius 1 is 1.32 bits per heavy atom. The van der Waals surface area contributed by atoms with Gasteiger partial charge in [0.05, 0.1) is 18.7 Å². The first-order valence-corrected chi connectivity index (χ1v) is 8.84. The molecule has 1 heterocycles. The average molecular weight is 347 g/mol. The third-order valence-corrected chi connectivity index (χ3v) is 4.71. The summed E-state index contributed by atoms with van der Waals surface area (Å²) in [5.74, 6) is -0.212. The molecular formula is C19H29N3O3. The number of para-hydroxylation sites is 1. The third-order valence-electron chi connectivity index (χ3n) is 4.71. The number of carbonyl (C=O) groups is 2. The van der Waals surface area contributed by atoms with Gasteiger partial charge < -0.3 is 15.4 Å². The zero-order valence-electron chi connectivity index (χ0n) is 15.6. The van der Waals surface area contributed by atoms with Crippen molar-refractivity contribution >= 4 is 17.5 Å². The van der Waals surface area contributed by atoms with E-state index in [0.717, 1.165) is 36.3 Å². The third kappa shape index (κ3) is 5.54. The second-order valence-electron chi connectivity index (χ2n) is 6.79. The van der Waals surface area contributed by atoms with Crippen molar-refractivity contribution in [2.45, 2.75) is 45.8 Å². The van der Waals surface area contributed by atoms with E-state index in [-0.39, 0.29) is 30.5 Å². The number of nitrogens with zero attached hydrogens (tertiary/aromatic N) is 1. The van der Waals surface area contributed by atoms with E-state index >= 15 is 0 Å². The second-order valence-corrected chi connectivity index (χ2v) is 6.79. The van der Waals surface area contributed by atoms with Gasteiger partial charge in [-0.15, -0.1) is 0 Å². The predicted molar refractivity (Wildman–Crippen MR) is 98.6 cm³/mol. The monoisotopic (exact) mass is 347 g/mol. The van der Waals surface area contributed by atoms with E-state index in [2.05, 4.69) is 10.6 Å². The van der Waals surface area contributed by atoms with Crippen molar-refractivity contribution in [3.63, 3.8) is 0 Å². The molecule has 2 amide bonds. The van der Waals surface area contributed by atoms with Gasteiger partial charge in [-0.25, -0.2) is 0 Å². The molecule has 1 aromatic rings. The smallest absolute Gasteiger partial charge is 0.238 e. The number of benzene rings is 1. The molecule has 0 unspecified atom stereocenters. The zero-order valence-corrected chi connectivity index (χ0v) is 15.6. The molecule has 2 N–H and O–H groups in total. The number of hydrogen-bond donors (Lipinski definition) is 2. The Bertz CT molecular complexity index is 592.